The molecule has 3 aromatic rings. The number of ether oxygens (including phenoxy) is 1. The van der Waals surface area contributed by atoms with Crippen LogP contribution >= 0.6 is 22.9 Å². The van der Waals surface area contributed by atoms with Crippen LogP contribution in [0.2, 0.25) is 5.02 Å². The highest BCUT2D eigenvalue weighted by atomic mass is 35.5. The Morgan fingerprint density at radius 1 is 1.21 bits per heavy atom. The lowest BCUT2D eigenvalue weighted by Gasteiger charge is -2.25. The number of anilines is 1. The van der Waals surface area contributed by atoms with Gasteiger partial charge in [0.2, 0.25) is 0 Å². The van der Waals surface area contributed by atoms with E-state index in [9.17, 15) is 9.59 Å². The Labute approximate surface area is 200 Å². The number of carbonyl (C=O) groups excluding carboxylic acids is 1. The van der Waals surface area contributed by atoms with Gasteiger partial charge < -0.3 is 9.64 Å². The molecule has 0 aliphatic carbocycles. The van der Waals surface area contributed by atoms with Gasteiger partial charge in [0.1, 0.15) is 6.04 Å². The summed E-state index contributed by atoms with van der Waals surface area (Å²) in [7, 11) is 3.95. The van der Waals surface area contributed by atoms with Crippen LogP contribution in [-0.4, -0.2) is 31.2 Å². The summed E-state index contributed by atoms with van der Waals surface area (Å²) < 4.78 is 7.38. The first-order valence-electron chi connectivity index (χ1n) is 10.5. The van der Waals surface area contributed by atoms with Gasteiger partial charge in [-0.2, -0.15) is 0 Å². The second-order valence-electron chi connectivity index (χ2n) is 7.81. The van der Waals surface area contributed by atoms with E-state index in [1.807, 2.05) is 67.5 Å². The number of esters is 1. The molecule has 1 aliphatic heterocycles. The highest BCUT2D eigenvalue weighted by molar-refractivity contribution is 7.07. The molecule has 6 nitrogen and oxygen atoms in total. The van der Waals surface area contributed by atoms with Crippen molar-refractivity contribution < 1.29 is 9.53 Å². The zero-order chi connectivity index (χ0) is 23.7. The Bertz CT molecular complexity index is 1420. The number of carbonyl (C=O) groups is 1. The number of hydrogen-bond donors (Lipinski definition) is 0. The van der Waals surface area contributed by atoms with Gasteiger partial charge in [-0.05, 0) is 49.2 Å². The summed E-state index contributed by atoms with van der Waals surface area (Å²) in [5, 5.41) is 0.466. The maximum Gasteiger partial charge on any atom is 0.338 e. The Balaban J connectivity index is 1.92. The Morgan fingerprint density at radius 3 is 2.55 bits per heavy atom. The highest BCUT2D eigenvalue weighted by Crippen LogP contribution is 2.34. The fourth-order valence-corrected chi connectivity index (χ4v) is 5.09. The predicted molar refractivity (Wildman–Crippen MR) is 133 cm³/mol. The molecule has 0 unspecified atom stereocenters. The van der Waals surface area contributed by atoms with Gasteiger partial charge in [0.25, 0.3) is 5.56 Å². The lowest BCUT2D eigenvalue weighted by atomic mass is 9.96. The number of nitrogens with zero attached hydrogens (tertiary/aromatic N) is 3. The standard InChI is InChI=1S/C25H24ClN3O3S/c1-5-32-24(31)21-15(2)27-25-29(22(21)18-8-6-7-9-19(18)26)23(30)20(33-25)14-16-10-12-17(13-11-16)28(3)4/h6-14,22H,5H2,1-4H3/b20-14-/t22-/m0/s1. The first kappa shape index (κ1) is 23.0. The van der Waals surface area contributed by atoms with Gasteiger partial charge in [-0.3, -0.25) is 9.36 Å². The summed E-state index contributed by atoms with van der Waals surface area (Å²) in [6.45, 7) is 3.72. The average molecular weight is 482 g/mol. The Morgan fingerprint density at radius 2 is 1.91 bits per heavy atom. The molecule has 1 aliphatic rings. The first-order valence-corrected chi connectivity index (χ1v) is 11.7. The monoisotopic (exact) mass is 481 g/mol. The molecule has 0 bridgehead atoms. The molecule has 0 saturated carbocycles. The smallest absolute Gasteiger partial charge is 0.338 e. The number of thiazole rings is 1. The van der Waals surface area contributed by atoms with E-state index in [1.54, 1.807) is 24.5 Å². The summed E-state index contributed by atoms with van der Waals surface area (Å²) in [6, 6.07) is 14.4. The zero-order valence-corrected chi connectivity index (χ0v) is 20.4. The number of benzene rings is 2. The summed E-state index contributed by atoms with van der Waals surface area (Å²) in [5.41, 5.74) is 3.23. The van der Waals surface area contributed by atoms with E-state index in [-0.39, 0.29) is 12.2 Å². The number of hydrogen-bond acceptors (Lipinski definition) is 6. The van der Waals surface area contributed by atoms with Crippen LogP contribution in [0, 0.1) is 0 Å². The minimum absolute atomic E-state index is 0.220. The lowest BCUT2D eigenvalue weighted by molar-refractivity contribution is -0.139. The van der Waals surface area contributed by atoms with E-state index in [4.69, 9.17) is 16.3 Å². The van der Waals surface area contributed by atoms with Crippen molar-refractivity contribution in [2.24, 2.45) is 4.99 Å². The third-order valence-corrected chi connectivity index (χ3v) is 6.75. The third-order valence-electron chi connectivity index (χ3n) is 5.42. The van der Waals surface area contributed by atoms with Crippen molar-refractivity contribution in [3.8, 4) is 0 Å². The molecule has 8 heteroatoms. The molecule has 0 saturated heterocycles. The van der Waals surface area contributed by atoms with Crippen molar-refractivity contribution >= 4 is 40.7 Å². The van der Waals surface area contributed by atoms with Crippen molar-refractivity contribution in [2.45, 2.75) is 19.9 Å². The lowest BCUT2D eigenvalue weighted by Crippen LogP contribution is -2.40. The van der Waals surface area contributed by atoms with E-state index >= 15 is 0 Å². The average Bonchev–Trinajstić information content (AvgIpc) is 3.08. The second kappa shape index (κ2) is 9.37. The van der Waals surface area contributed by atoms with Gasteiger partial charge >= 0.3 is 5.97 Å². The maximum absolute atomic E-state index is 13.6. The number of fused-ring (bicyclic) bond motifs is 1. The molecular weight excluding hydrogens is 458 g/mol. The summed E-state index contributed by atoms with van der Waals surface area (Å²) in [5.74, 6) is -0.503. The van der Waals surface area contributed by atoms with E-state index < -0.39 is 12.0 Å². The zero-order valence-electron chi connectivity index (χ0n) is 18.8. The van der Waals surface area contributed by atoms with Crippen molar-refractivity contribution in [2.75, 3.05) is 25.6 Å². The van der Waals surface area contributed by atoms with Crippen LogP contribution < -0.4 is 19.8 Å². The van der Waals surface area contributed by atoms with Gasteiger partial charge in [-0.25, -0.2) is 9.79 Å². The molecule has 1 atom stereocenters. The number of allylic oxidation sites excluding steroid dienone is 1. The van der Waals surface area contributed by atoms with E-state index in [2.05, 4.69) is 4.99 Å². The number of rotatable bonds is 5. The molecule has 4 rings (SSSR count). The normalized spacial score (nSPS) is 15.8. The van der Waals surface area contributed by atoms with Crippen LogP contribution in [0.3, 0.4) is 0 Å². The summed E-state index contributed by atoms with van der Waals surface area (Å²) in [4.78, 5) is 33.6. The van der Waals surface area contributed by atoms with Crippen LogP contribution in [0.1, 0.15) is 31.0 Å². The molecule has 0 fully saturated rings. The van der Waals surface area contributed by atoms with Crippen LogP contribution in [0.4, 0.5) is 5.69 Å². The molecule has 170 valence electrons. The molecule has 0 amide bonds. The van der Waals surface area contributed by atoms with E-state index in [0.29, 0.717) is 31.2 Å². The van der Waals surface area contributed by atoms with Crippen molar-refractivity contribution in [1.82, 2.24) is 4.57 Å². The molecule has 1 aromatic heterocycles. The Kier molecular flexibility index (Phi) is 6.54. The van der Waals surface area contributed by atoms with Gasteiger partial charge in [0.05, 0.1) is 22.4 Å². The van der Waals surface area contributed by atoms with Crippen LogP contribution in [-0.2, 0) is 9.53 Å². The predicted octanol–water partition coefficient (Wildman–Crippen LogP) is 3.52. The SMILES string of the molecule is CCOC(=O)C1=C(C)N=c2s/c(=C\c3ccc(N(C)C)cc3)c(=O)n2[C@H]1c1ccccc1Cl. The minimum Gasteiger partial charge on any atom is -0.463 e. The molecule has 0 spiro atoms. The fourth-order valence-electron chi connectivity index (χ4n) is 3.80. The van der Waals surface area contributed by atoms with Gasteiger partial charge in [0.15, 0.2) is 4.80 Å². The molecular formula is C25H24ClN3O3S. The molecule has 0 N–H and O–H groups in total. The van der Waals surface area contributed by atoms with E-state index in [0.717, 1.165) is 11.3 Å². The number of halogens is 1. The van der Waals surface area contributed by atoms with E-state index in [1.165, 1.54) is 11.3 Å². The van der Waals surface area contributed by atoms with Gasteiger partial charge in [0, 0.05) is 24.8 Å². The maximum atomic E-state index is 13.6. The molecule has 2 aromatic carbocycles. The quantitative estimate of drug-likeness (QED) is 0.523. The second-order valence-corrected chi connectivity index (χ2v) is 9.23. The third kappa shape index (κ3) is 4.38. The molecule has 0 radical (unpaired) electrons. The highest BCUT2D eigenvalue weighted by Gasteiger charge is 2.34. The van der Waals surface area contributed by atoms with Gasteiger partial charge in [-0.1, -0.05) is 53.3 Å². The van der Waals surface area contributed by atoms with Crippen molar-refractivity contribution in [3.63, 3.8) is 0 Å². The Hall–Kier alpha value is -3.16. The summed E-state index contributed by atoms with van der Waals surface area (Å²) in [6.07, 6.45) is 1.84. The largest absolute Gasteiger partial charge is 0.463 e. The number of aromatic nitrogens is 1. The van der Waals surface area contributed by atoms with Crippen molar-refractivity contribution in [3.05, 3.63) is 95.6 Å². The minimum atomic E-state index is -0.715. The van der Waals surface area contributed by atoms with Crippen LogP contribution in [0.5, 0.6) is 0 Å². The van der Waals surface area contributed by atoms with Crippen LogP contribution in [0.15, 0.2) is 69.6 Å². The van der Waals surface area contributed by atoms with Crippen LogP contribution in [0.25, 0.3) is 6.08 Å². The first-order chi connectivity index (χ1) is 15.8. The van der Waals surface area contributed by atoms with Gasteiger partial charge in [-0.15, -0.1) is 0 Å². The molecule has 33 heavy (non-hydrogen) atoms. The summed E-state index contributed by atoms with van der Waals surface area (Å²) >= 11 is 7.81. The fraction of sp³-hybridized carbons (Fsp3) is 0.240. The molecule has 2 heterocycles. The van der Waals surface area contributed by atoms with Crippen molar-refractivity contribution in [1.29, 1.82) is 0 Å². The topological polar surface area (TPSA) is 63.9 Å².